The van der Waals surface area contributed by atoms with E-state index in [9.17, 15) is 9.59 Å². The first-order valence-electron chi connectivity index (χ1n) is 6.60. The number of methoxy groups -OCH3 is 1. The Morgan fingerprint density at radius 2 is 1.95 bits per heavy atom. The lowest BCUT2D eigenvalue weighted by molar-refractivity contribution is -0.115. The van der Waals surface area contributed by atoms with E-state index in [1.807, 2.05) is 18.2 Å². The summed E-state index contributed by atoms with van der Waals surface area (Å²) < 4.78 is 4.71. The maximum Gasteiger partial charge on any atom is 0.337 e. The molecular formula is C17H14N2O3. The highest BCUT2D eigenvalue weighted by Crippen LogP contribution is 2.28. The zero-order chi connectivity index (χ0) is 15.9. The van der Waals surface area contributed by atoms with Crippen LogP contribution in [0, 0.1) is 11.3 Å². The van der Waals surface area contributed by atoms with Gasteiger partial charge in [-0.15, -0.1) is 0 Å². The summed E-state index contributed by atoms with van der Waals surface area (Å²) in [6.45, 7) is 0. The van der Waals surface area contributed by atoms with Gasteiger partial charge in [0.05, 0.1) is 18.7 Å². The van der Waals surface area contributed by atoms with Crippen LogP contribution in [0.25, 0.3) is 11.1 Å². The van der Waals surface area contributed by atoms with Crippen molar-refractivity contribution in [3.63, 3.8) is 0 Å². The minimum atomic E-state index is -0.423. The number of nitriles is 1. The Balaban J connectivity index is 2.39. The first-order chi connectivity index (χ1) is 10.7. The molecule has 0 atom stereocenters. The van der Waals surface area contributed by atoms with Crippen LogP contribution in [0.15, 0.2) is 48.5 Å². The summed E-state index contributed by atoms with van der Waals surface area (Å²) >= 11 is 0. The van der Waals surface area contributed by atoms with E-state index in [2.05, 4.69) is 5.32 Å². The summed E-state index contributed by atoms with van der Waals surface area (Å²) in [7, 11) is 1.32. The molecule has 1 amide bonds. The highest BCUT2D eigenvalue weighted by molar-refractivity contribution is 5.97. The van der Waals surface area contributed by atoms with Gasteiger partial charge in [-0.3, -0.25) is 4.79 Å². The fourth-order valence-electron chi connectivity index (χ4n) is 2.04. The van der Waals surface area contributed by atoms with E-state index in [4.69, 9.17) is 10.00 Å². The van der Waals surface area contributed by atoms with Crippen LogP contribution in [-0.4, -0.2) is 19.0 Å². The minimum absolute atomic E-state index is 0.212. The lowest BCUT2D eigenvalue weighted by atomic mass is 10.0. The number of rotatable bonds is 4. The quantitative estimate of drug-likeness (QED) is 0.879. The third-order valence-electron chi connectivity index (χ3n) is 3.04. The molecule has 0 aliphatic heterocycles. The SMILES string of the molecule is COC(=O)c1cccc(-c2ccccc2NC(=O)CC#N)c1. The Morgan fingerprint density at radius 1 is 1.18 bits per heavy atom. The number of nitrogens with zero attached hydrogens (tertiary/aromatic N) is 1. The van der Waals surface area contributed by atoms with Gasteiger partial charge in [0.25, 0.3) is 0 Å². The van der Waals surface area contributed by atoms with E-state index >= 15 is 0 Å². The molecule has 0 saturated heterocycles. The zero-order valence-electron chi connectivity index (χ0n) is 12.0. The average molecular weight is 294 g/mol. The normalized spacial score (nSPS) is 9.64. The summed E-state index contributed by atoms with van der Waals surface area (Å²) in [6, 6.07) is 15.9. The lowest BCUT2D eigenvalue weighted by Crippen LogP contribution is -2.11. The summed E-state index contributed by atoms with van der Waals surface area (Å²) in [4.78, 5) is 23.2. The molecule has 0 aliphatic carbocycles. The topological polar surface area (TPSA) is 79.2 Å². The van der Waals surface area contributed by atoms with E-state index < -0.39 is 5.97 Å². The molecule has 0 saturated carbocycles. The number of carbonyl (C=O) groups is 2. The molecule has 0 aliphatic rings. The fraction of sp³-hybridized carbons (Fsp3) is 0.118. The van der Waals surface area contributed by atoms with Crippen molar-refractivity contribution < 1.29 is 14.3 Å². The standard InChI is InChI=1S/C17H14N2O3/c1-22-17(21)13-6-4-5-12(11-13)14-7-2-3-8-15(14)19-16(20)9-10-18/h2-8,11H,9H2,1H3,(H,19,20). The van der Waals surface area contributed by atoms with Crippen molar-refractivity contribution in [2.75, 3.05) is 12.4 Å². The molecule has 0 heterocycles. The first kappa shape index (κ1) is 15.3. The van der Waals surface area contributed by atoms with Crippen LogP contribution in [0.3, 0.4) is 0 Å². The Kier molecular flexibility index (Phi) is 4.89. The van der Waals surface area contributed by atoms with Gasteiger partial charge in [0.15, 0.2) is 0 Å². The largest absolute Gasteiger partial charge is 0.465 e. The van der Waals surface area contributed by atoms with Crippen LogP contribution in [0.5, 0.6) is 0 Å². The molecule has 0 unspecified atom stereocenters. The van der Waals surface area contributed by atoms with Crippen LogP contribution < -0.4 is 5.32 Å². The number of benzene rings is 2. The van der Waals surface area contributed by atoms with Gasteiger partial charge >= 0.3 is 5.97 Å². The highest BCUT2D eigenvalue weighted by atomic mass is 16.5. The molecule has 2 rings (SSSR count). The minimum Gasteiger partial charge on any atom is -0.465 e. The molecule has 2 aromatic rings. The summed E-state index contributed by atoms with van der Waals surface area (Å²) in [5.41, 5.74) is 2.55. The predicted molar refractivity (Wildman–Crippen MR) is 82.1 cm³/mol. The van der Waals surface area contributed by atoms with Crippen LogP contribution in [0.1, 0.15) is 16.8 Å². The van der Waals surface area contributed by atoms with Crippen molar-refractivity contribution in [2.24, 2.45) is 0 Å². The molecule has 0 bridgehead atoms. The monoisotopic (exact) mass is 294 g/mol. The van der Waals surface area contributed by atoms with Gasteiger partial charge in [-0.25, -0.2) is 4.79 Å². The Morgan fingerprint density at radius 3 is 2.68 bits per heavy atom. The second-order valence-electron chi connectivity index (χ2n) is 4.50. The number of carbonyl (C=O) groups excluding carboxylic acids is 2. The van der Waals surface area contributed by atoms with Crippen LogP contribution in [-0.2, 0) is 9.53 Å². The lowest BCUT2D eigenvalue weighted by Gasteiger charge is -2.11. The van der Waals surface area contributed by atoms with Crippen LogP contribution >= 0.6 is 0 Å². The van der Waals surface area contributed by atoms with Crippen LogP contribution in [0.4, 0.5) is 5.69 Å². The maximum absolute atomic E-state index is 11.6. The van der Waals surface area contributed by atoms with E-state index in [1.54, 1.807) is 36.4 Å². The summed E-state index contributed by atoms with van der Waals surface area (Å²) in [5, 5.41) is 11.3. The third-order valence-corrected chi connectivity index (χ3v) is 3.04. The van der Waals surface area contributed by atoms with Gasteiger partial charge in [-0.2, -0.15) is 5.26 Å². The van der Waals surface area contributed by atoms with Gasteiger partial charge in [0.2, 0.25) is 5.91 Å². The number of esters is 1. The predicted octanol–water partition coefficient (Wildman–Crippen LogP) is 2.99. The van der Waals surface area contributed by atoms with Crippen molar-refractivity contribution in [2.45, 2.75) is 6.42 Å². The molecule has 0 radical (unpaired) electrons. The third kappa shape index (κ3) is 3.49. The van der Waals surface area contributed by atoms with E-state index in [0.29, 0.717) is 11.3 Å². The van der Waals surface area contributed by atoms with Gasteiger partial charge in [-0.05, 0) is 23.8 Å². The van der Waals surface area contributed by atoms with Crippen molar-refractivity contribution in [1.29, 1.82) is 5.26 Å². The van der Waals surface area contributed by atoms with E-state index in [1.165, 1.54) is 7.11 Å². The van der Waals surface area contributed by atoms with Gasteiger partial charge in [-0.1, -0.05) is 30.3 Å². The molecule has 110 valence electrons. The highest BCUT2D eigenvalue weighted by Gasteiger charge is 2.11. The number of nitrogens with one attached hydrogen (secondary N) is 1. The van der Waals surface area contributed by atoms with E-state index in [-0.39, 0.29) is 12.3 Å². The molecule has 2 aromatic carbocycles. The molecule has 0 aromatic heterocycles. The second-order valence-corrected chi connectivity index (χ2v) is 4.50. The van der Waals surface area contributed by atoms with Crippen molar-refractivity contribution >= 4 is 17.6 Å². The van der Waals surface area contributed by atoms with Gasteiger partial charge in [0, 0.05) is 11.3 Å². The maximum atomic E-state index is 11.6. The summed E-state index contributed by atoms with van der Waals surface area (Å²) in [6.07, 6.45) is -0.212. The molecular weight excluding hydrogens is 280 g/mol. The molecule has 1 N–H and O–H groups in total. The van der Waals surface area contributed by atoms with Crippen LogP contribution in [0.2, 0.25) is 0 Å². The molecule has 5 heteroatoms. The van der Waals surface area contributed by atoms with Crippen molar-refractivity contribution in [1.82, 2.24) is 0 Å². The smallest absolute Gasteiger partial charge is 0.337 e. The number of hydrogen-bond acceptors (Lipinski definition) is 4. The fourth-order valence-corrected chi connectivity index (χ4v) is 2.04. The molecule has 22 heavy (non-hydrogen) atoms. The van der Waals surface area contributed by atoms with Gasteiger partial charge < -0.3 is 10.1 Å². The Labute approximate surface area is 128 Å². The average Bonchev–Trinajstić information content (AvgIpc) is 2.55. The second kappa shape index (κ2) is 7.04. The number of anilines is 1. The van der Waals surface area contributed by atoms with Crippen molar-refractivity contribution in [3.8, 4) is 17.2 Å². The zero-order valence-corrected chi connectivity index (χ0v) is 12.0. The number of hydrogen-bond donors (Lipinski definition) is 1. The van der Waals surface area contributed by atoms with Gasteiger partial charge in [0.1, 0.15) is 6.42 Å². The number of amides is 1. The summed E-state index contributed by atoms with van der Waals surface area (Å²) in [5.74, 6) is -0.799. The molecule has 5 nitrogen and oxygen atoms in total. The Bertz CT molecular complexity index is 748. The Hall–Kier alpha value is -3.13. The first-order valence-corrected chi connectivity index (χ1v) is 6.60. The molecule has 0 fully saturated rings. The van der Waals surface area contributed by atoms with Crippen molar-refractivity contribution in [3.05, 3.63) is 54.1 Å². The molecule has 0 spiro atoms. The number of para-hydroxylation sites is 1. The van der Waals surface area contributed by atoms with E-state index in [0.717, 1.165) is 11.1 Å². The number of ether oxygens (including phenoxy) is 1.